The Morgan fingerprint density at radius 1 is 1.21 bits per heavy atom. The van der Waals surface area contributed by atoms with Crippen LogP contribution in [0, 0.1) is 5.82 Å². The number of hydrogen-bond acceptors (Lipinski definition) is 7. The van der Waals surface area contributed by atoms with Crippen LogP contribution in [0.2, 0.25) is 5.02 Å². The summed E-state index contributed by atoms with van der Waals surface area (Å²) in [6.07, 6.45) is 0. The SMILES string of the molecule is Nc1nonc1C(=O)NCCNCc1cccc(OCc2ccc(F)cc2Cl)c1. The van der Waals surface area contributed by atoms with Crippen LogP contribution in [0.3, 0.4) is 0 Å². The predicted octanol–water partition coefficient (Wildman–Crippen LogP) is 2.54. The first-order valence-corrected chi connectivity index (χ1v) is 9.13. The molecule has 0 fully saturated rings. The van der Waals surface area contributed by atoms with E-state index in [4.69, 9.17) is 22.1 Å². The third-order valence-corrected chi connectivity index (χ3v) is 4.31. The number of halogens is 2. The first-order valence-electron chi connectivity index (χ1n) is 8.75. The molecule has 0 saturated carbocycles. The van der Waals surface area contributed by atoms with Gasteiger partial charge in [0.05, 0.1) is 5.02 Å². The zero-order valence-electron chi connectivity index (χ0n) is 15.3. The van der Waals surface area contributed by atoms with Gasteiger partial charge in [-0.3, -0.25) is 4.79 Å². The van der Waals surface area contributed by atoms with Gasteiger partial charge >= 0.3 is 0 Å². The normalized spacial score (nSPS) is 10.7. The van der Waals surface area contributed by atoms with Crippen LogP contribution in [0.5, 0.6) is 5.75 Å². The second-order valence-corrected chi connectivity index (χ2v) is 6.51. The van der Waals surface area contributed by atoms with Crippen molar-refractivity contribution >= 4 is 23.3 Å². The molecule has 0 aliphatic heterocycles. The van der Waals surface area contributed by atoms with Crippen molar-refractivity contribution in [2.75, 3.05) is 18.8 Å². The first kappa shape index (κ1) is 20.6. The van der Waals surface area contributed by atoms with Gasteiger partial charge in [-0.1, -0.05) is 29.8 Å². The Labute approximate surface area is 171 Å². The lowest BCUT2D eigenvalue weighted by Crippen LogP contribution is -2.32. The highest BCUT2D eigenvalue weighted by Gasteiger charge is 2.14. The number of carbonyl (C=O) groups excluding carboxylic acids is 1. The number of nitrogens with zero attached hydrogens (tertiary/aromatic N) is 2. The van der Waals surface area contributed by atoms with Gasteiger partial charge in [0.1, 0.15) is 18.2 Å². The number of amides is 1. The Morgan fingerprint density at radius 2 is 2.07 bits per heavy atom. The Balaban J connectivity index is 1.41. The molecule has 0 radical (unpaired) electrons. The van der Waals surface area contributed by atoms with Gasteiger partial charge in [-0.2, -0.15) is 0 Å². The van der Waals surface area contributed by atoms with Crippen molar-refractivity contribution in [3.05, 3.63) is 70.1 Å². The molecule has 0 spiro atoms. The summed E-state index contributed by atoms with van der Waals surface area (Å²) in [5.74, 6) is -0.203. The van der Waals surface area contributed by atoms with Gasteiger partial charge in [0.2, 0.25) is 11.5 Å². The summed E-state index contributed by atoms with van der Waals surface area (Å²) in [6, 6.07) is 11.7. The van der Waals surface area contributed by atoms with E-state index in [2.05, 4.69) is 25.6 Å². The minimum absolute atomic E-state index is 0.0314. The molecule has 0 saturated heterocycles. The van der Waals surface area contributed by atoms with E-state index in [0.29, 0.717) is 36.0 Å². The molecule has 0 unspecified atom stereocenters. The molecule has 1 aromatic heterocycles. The van der Waals surface area contributed by atoms with Crippen LogP contribution < -0.4 is 21.1 Å². The van der Waals surface area contributed by atoms with Crippen LogP contribution >= 0.6 is 11.6 Å². The third-order valence-electron chi connectivity index (χ3n) is 3.95. The molecule has 8 nitrogen and oxygen atoms in total. The molecule has 10 heteroatoms. The number of nitrogen functional groups attached to an aromatic ring is 1. The van der Waals surface area contributed by atoms with E-state index in [1.54, 1.807) is 6.07 Å². The summed E-state index contributed by atoms with van der Waals surface area (Å²) in [7, 11) is 0. The average Bonchev–Trinajstić information content (AvgIpc) is 3.13. The van der Waals surface area contributed by atoms with Gasteiger partial charge < -0.3 is 21.1 Å². The third kappa shape index (κ3) is 5.90. The first-order chi connectivity index (χ1) is 14.0. The monoisotopic (exact) mass is 419 g/mol. The van der Waals surface area contributed by atoms with Crippen LogP contribution in [0.1, 0.15) is 21.6 Å². The minimum Gasteiger partial charge on any atom is -0.489 e. The summed E-state index contributed by atoms with van der Waals surface area (Å²) < 4.78 is 23.2. The van der Waals surface area contributed by atoms with Gasteiger partial charge in [0, 0.05) is 25.2 Å². The van der Waals surface area contributed by atoms with E-state index in [9.17, 15) is 9.18 Å². The number of nitrogens with two attached hydrogens (primary N) is 1. The number of rotatable bonds is 9. The molecule has 0 aliphatic carbocycles. The maximum atomic E-state index is 13.1. The molecule has 3 rings (SSSR count). The lowest BCUT2D eigenvalue weighted by Gasteiger charge is -2.10. The second kappa shape index (κ2) is 9.85. The quantitative estimate of drug-likeness (QED) is 0.456. The highest BCUT2D eigenvalue weighted by molar-refractivity contribution is 6.31. The van der Waals surface area contributed by atoms with E-state index in [1.165, 1.54) is 12.1 Å². The minimum atomic E-state index is -0.444. The summed E-state index contributed by atoms with van der Waals surface area (Å²) in [5, 5.41) is 13.0. The smallest absolute Gasteiger partial charge is 0.277 e. The number of anilines is 1. The molecule has 0 bridgehead atoms. The van der Waals surface area contributed by atoms with E-state index < -0.39 is 5.91 Å². The van der Waals surface area contributed by atoms with Crippen LogP contribution in [0.15, 0.2) is 47.1 Å². The Morgan fingerprint density at radius 3 is 2.83 bits per heavy atom. The van der Waals surface area contributed by atoms with Gasteiger partial charge in [0.25, 0.3) is 5.91 Å². The summed E-state index contributed by atoms with van der Waals surface area (Å²) in [6.45, 7) is 1.73. The molecule has 1 amide bonds. The molecular weight excluding hydrogens is 401 g/mol. The standard InChI is InChI=1S/C19H19ClFN5O3/c20-16-9-14(21)5-4-13(16)11-28-15-3-1-2-12(8-15)10-23-6-7-24-19(27)17-18(22)26-29-25-17/h1-5,8-9,23H,6-7,10-11H2,(H2,22,26)(H,24,27). The lowest BCUT2D eigenvalue weighted by molar-refractivity contribution is 0.0944. The maximum absolute atomic E-state index is 13.1. The van der Waals surface area contributed by atoms with Crippen molar-refractivity contribution in [3.8, 4) is 5.75 Å². The molecule has 0 atom stereocenters. The molecule has 4 N–H and O–H groups in total. The molecule has 29 heavy (non-hydrogen) atoms. The molecular formula is C19H19ClFN5O3. The van der Waals surface area contributed by atoms with E-state index in [-0.39, 0.29) is 23.9 Å². The Bertz CT molecular complexity index is 982. The fraction of sp³-hybridized carbons (Fsp3) is 0.211. The van der Waals surface area contributed by atoms with Crippen LogP contribution in [0.25, 0.3) is 0 Å². The van der Waals surface area contributed by atoms with Gasteiger partial charge in [-0.15, -0.1) is 0 Å². The Hall–Kier alpha value is -3.17. The topological polar surface area (TPSA) is 115 Å². The fourth-order valence-electron chi connectivity index (χ4n) is 2.48. The highest BCUT2D eigenvalue weighted by Crippen LogP contribution is 2.20. The highest BCUT2D eigenvalue weighted by atomic mass is 35.5. The number of carbonyl (C=O) groups is 1. The number of nitrogens with one attached hydrogen (secondary N) is 2. The van der Waals surface area contributed by atoms with Crippen LogP contribution in [0.4, 0.5) is 10.2 Å². The zero-order chi connectivity index (χ0) is 20.6. The van der Waals surface area contributed by atoms with Crippen molar-refractivity contribution in [2.24, 2.45) is 0 Å². The molecule has 0 aliphatic rings. The second-order valence-electron chi connectivity index (χ2n) is 6.10. The molecule has 1 heterocycles. The van der Waals surface area contributed by atoms with Crippen molar-refractivity contribution in [1.29, 1.82) is 0 Å². The zero-order valence-corrected chi connectivity index (χ0v) is 16.1. The summed E-state index contributed by atoms with van der Waals surface area (Å²) in [5.41, 5.74) is 7.14. The number of ether oxygens (including phenoxy) is 1. The van der Waals surface area contributed by atoms with E-state index in [0.717, 1.165) is 5.56 Å². The van der Waals surface area contributed by atoms with Crippen molar-refractivity contribution in [2.45, 2.75) is 13.2 Å². The number of hydrogen-bond donors (Lipinski definition) is 3. The number of benzene rings is 2. The molecule has 2 aromatic carbocycles. The predicted molar refractivity (Wildman–Crippen MR) is 105 cm³/mol. The van der Waals surface area contributed by atoms with Crippen molar-refractivity contribution in [3.63, 3.8) is 0 Å². The summed E-state index contributed by atoms with van der Waals surface area (Å²) in [4.78, 5) is 11.8. The lowest BCUT2D eigenvalue weighted by atomic mass is 10.2. The van der Waals surface area contributed by atoms with Crippen LogP contribution in [-0.4, -0.2) is 29.3 Å². The fourth-order valence-corrected chi connectivity index (χ4v) is 2.70. The number of aromatic nitrogens is 2. The van der Waals surface area contributed by atoms with E-state index in [1.807, 2.05) is 24.3 Å². The van der Waals surface area contributed by atoms with Gasteiger partial charge in [-0.05, 0) is 40.1 Å². The summed E-state index contributed by atoms with van der Waals surface area (Å²) >= 11 is 6.01. The van der Waals surface area contributed by atoms with Crippen molar-refractivity contribution < 1.29 is 18.6 Å². The Kier molecular flexibility index (Phi) is 6.99. The van der Waals surface area contributed by atoms with Crippen LogP contribution in [-0.2, 0) is 13.2 Å². The largest absolute Gasteiger partial charge is 0.489 e. The van der Waals surface area contributed by atoms with Gasteiger partial charge in [-0.25, -0.2) is 9.02 Å². The average molecular weight is 420 g/mol. The van der Waals surface area contributed by atoms with Gasteiger partial charge in [0.15, 0.2) is 0 Å². The maximum Gasteiger partial charge on any atom is 0.277 e. The van der Waals surface area contributed by atoms with Crippen molar-refractivity contribution in [1.82, 2.24) is 20.9 Å². The molecule has 152 valence electrons. The molecule has 3 aromatic rings. The van der Waals surface area contributed by atoms with E-state index >= 15 is 0 Å².